The number of amides is 1. The van der Waals surface area contributed by atoms with E-state index in [1.165, 1.54) is 5.56 Å². The molecule has 3 aromatic carbocycles. The highest BCUT2D eigenvalue weighted by Crippen LogP contribution is 2.30. The quantitative estimate of drug-likeness (QED) is 0.174. The second kappa shape index (κ2) is 15.6. The van der Waals surface area contributed by atoms with Crippen molar-refractivity contribution in [2.24, 2.45) is 0 Å². The third-order valence-electron chi connectivity index (χ3n) is 7.93. The molecule has 1 fully saturated rings. The highest BCUT2D eigenvalue weighted by molar-refractivity contribution is 7.09. The molecule has 0 aliphatic carbocycles. The average Bonchev–Trinajstić information content (AvgIpc) is 3.56. The molecule has 10 heteroatoms. The van der Waals surface area contributed by atoms with Crippen molar-refractivity contribution < 1.29 is 23.7 Å². The van der Waals surface area contributed by atoms with Crippen molar-refractivity contribution in [1.29, 1.82) is 0 Å². The molecule has 238 valence electrons. The molecule has 1 saturated heterocycles. The summed E-state index contributed by atoms with van der Waals surface area (Å²) in [5.41, 5.74) is 3.93. The third kappa shape index (κ3) is 8.26. The molecule has 0 spiro atoms. The molecular formula is C35H42N4O5S. The maximum atomic E-state index is 13.5. The maximum absolute atomic E-state index is 13.5. The first kappa shape index (κ1) is 32.1. The average molecular weight is 631 g/mol. The van der Waals surface area contributed by atoms with Crippen LogP contribution in [0.4, 0.5) is 5.69 Å². The fourth-order valence-corrected chi connectivity index (χ4v) is 6.32. The Labute approximate surface area is 269 Å². The van der Waals surface area contributed by atoms with Crippen molar-refractivity contribution in [3.63, 3.8) is 0 Å². The van der Waals surface area contributed by atoms with E-state index in [2.05, 4.69) is 34.1 Å². The number of carbonyl (C=O) groups excluding carboxylic acids is 1. The number of ether oxygens (including phenoxy) is 4. The zero-order valence-electron chi connectivity index (χ0n) is 26.5. The van der Waals surface area contributed by atoms with Gasteiger partial charge in [-0.2, -0.15) is 0 Å². The highest BCUT2D eigenvalue weighted by atomic mass is 32.1. The Bertz CT molecular complexity index is 1540. The number of para-hydroxylation sites is 2. The molecule has 0 unspecified atom stereocenters. The van der Waals surface area contributed by atoms with E-state index in [1.807, 2.05) is 59.7 Å². The van der Waals surface area contributed by atoms with E-state index in [4.69, 9.17) is 23.9 Å². The SMILES string of the molecule is CCOc1ccccc1N1CCN(C(=O)c2csc(CN(CCc3ccc(OC)c(OC)c3)Cc3ccc(OC)cc3)n2)CC1. The molecule has 1 aliphatic rings. The fraction of sp³-hybridized carbons (Fsp3) is 0.371. The predicted molar refractivity (Wildman–Crippen MR) is 178 cm³/mol. The summed E-state index contributed by atoms with van der Waals surface area (Å²) in [4.78, 5) is 24.8. The largest absolute Gasteiger partial charge is 0.497 e. The summed E-state index contributed by atoms with van der Waals surface area (Å²) in [6.45, 7) is 7.57. The summed E-state index contributed by atoms with van der Waals surface area (Å²) in [7, 11) is 4.97. The first-order chi connectivity index (χ1) is 22.0. The van der Waals surface area contributed by atoms with Gasteiger partial charge in [0.2, 0.25) is 0 Å². The Morgan fingerprint density at radius 2 is 1.58 bits per heavy atom. The monoisotopic (exact) mass is 630 g/mol. The van der Waals surface area contributed by atoms with Gasteiger partial charge in [0.25, 0.3) is 5.91 Å². The highest BCUT2D eigenvalue weighted by Gasteiger charge is 2.25. The summed E-state index contributed by atoms with van der Waals surface area (Å²) in [6.07, 6.45) is 0.824. The molecule has 0 saturated carbocycles. The first-order valence-electron chi connectivity index (χ1n) is 15.3. The number of carbonyl (C=O) groups is 1. The molecule has 1 aromatic heterocycles. The first-order valence-corrected chi connectivity index (χ1v) is 16.2. The van der Waals surface area contributed by atoms with Crippen LogP contribution in [0.2, 0.25) is 0 Å². The summed E-state index contributed by atoms with van der Waals surface area (Å²) >= 11 is 1.54. The van der Waals surface area contributed by atoms with Crippen LogP contribution < -0.4 is 23.8 Å². The van der Waals surface area contributed by atoms with Gasteiger partial charge in [-0.1, -0.05) is 30.3 Å². The Morgan fingerprint density at radius 3 is 2.29 bits per heavy atom. The van der Waals surface area contributed by atoms with E-state index in [-0.39, 0.29) is 5.91 Å². The van der Waals surface area contributed by atoms with Crippen LogP contribution in [0.15, 0.2) is 72.1 Å². The molecule has 1 amide bonds. The van der Waals surface area contributed by atoms with Gasteiger partial charge in [0.1, 0.15) is 22.2 Å². The number of hydrogen-bond donors (Lipinski definition) is 0. The van der Waals surface area contributed by atoms with Gasteiger partial charge in [-0.05, 0) is 60.9 Å². The van der Waals surface area contributed by atoms with Crippen LogP contribution in [-0.2, 0) is 19.5 Å². The third-order valence-corrected chi connectivity index (χ3v) is 8.77. The minimum absolute atomic E-state index is 0.0118. The van der Waals surface area contributed by atoms with Crippen molar-refractivity contribution in [2.75, 3.05) is 65.6 Å². The molecular weight excluding hydrogens is 588 g/mol. The topological polar surface area (TPSA) is 76.6 Å². The van der Waals surface area contributed by atoms with Gasteiger partial charge in [-0.15, -0.1) is 11.3 Å². The zero-order valence-corrected chi connectivity index (χ0v) is 27.3. The van der Waals surface area contributed by atoms with Crippen LogP contribution >= 0.6 is 11.3 Å². The molecule has 9 nitrogen and oxygen atoms in total. The molecule has 0 radical (unpaired) electrons. The van der Waals surface area contributed by atoms with Gasteiger partial charge < -0.3 is 28.7 Å². The van der Waals surface area contributed by atoms with Crippen LogP contribution in [0, 0.1) is 0 Å². The van der Waals surface area contributed by atoms with E-state index >= 15 is 0 Å². The van der Waals surface area contributed by atoms with E-state index in [0.717, 1.165) is 66.1 Å². The van der Waals surface area contributed by atoms with Crippen molar-refractivity contribution in [2.45, 2.75) is 26.4 Å². The Kier molecular flexibility index (Phi) is 11.2. The second-order valence-corrected chi connectivity index (χ2v) is 11.7. The van der Waals surface area contributed by atoms with Crippen LogP contribution in [0.1, 0.15) is 33.5 Å². The number of nitrogens with zero attached hydrogens (tertiary/aromatic N) is 4. The van der Waals surface area contributed by atoms with Crippen LogP contribution in [0.25, 0.3) is 0 Å². The zero-order chi connectivity index (χ0) is 31.6. The number of hydrogen-bond acceptors (Lipinski definition) is 9. The standard InChI is InChI=1S/C35H42N4O5S/c1-5-44-31-9-7-6-8-30(31)38-18-20-39(21-19-38)35(40)29-25-45-34(36-29)24-37(23-27-10-13-28(41-2)14-11-27)17-16-26-12-15-32(42-3)33(22-26)43-4/h6-15,22,25H,5,16-21,23-24H2,1-4H3. The van der Waals surface area contributed by atoms with E-state index < -0.39 is 0 Å². The Hall–Kier alpha value is -4.28. The van der Waals surface area contributed by atoms with Crippen molar-refractivity contribution >= 4 is 22.9 Å². The number of thiazole rings is 1. The number of benzene rings is 3. The van der Waals surface area contributed by atoms with Gasteiger partial charge >= 0.3 is 0 Å². The minimum atomic E-state index is -0.0118. The minimum Gasteiger partial charge on any atom is -0.497 e. The van der Waals surface area contributed by atoms with Crippen molar-refractivity contribution in [3.05, 3.63) is 93.9 Å². The van der Waals surface area contributed by atoms with E-state index in [1.54, 1.807) is 32.7 Å². The summed E-state index contributed by atoms with van der Waals surface area (Å²) < 4.78 is 22.1. The van der Waals surface area contributed by atoms with Gasteiger partial charge in [0.15, 0.2) is 11.5 Å². The smallest absolute Gasteiger partial charge is 0.273 e. The predicted octanol–water partition coefficient (Wildman–Crippen LogP) is 5.77. The number of anilines is 1. The maximum Gasteiger partial charge on any atom is 0.273 e. The van der Waals surface area contributed by atoms with Gasteiger partial charge in [-0.3, -0.25) is 9.69 Å². The summed E-state index contributed by atoms with van der Waals surface area (Å²) in [5.74, 6) is 3.14. The van der Waals surface area contributed by atoms with Crippen LogP contribution in [-0.4, -0.2) is 81.4 Å². The molecule has 0 atom stereocenters. The van der Waals surface area contributed by atoms with Gasteiger partial charge in [0.05, 0.1) is 40.2 Å². The lowest BCUT2D eigenvalue weighted by molar-refractivity contribution is 0.0741. The Morgan fingerprint density at radius 1 is 0.844 bits per heavy atom. The van der Waals surface area contributed by atoms with Crippen molar-refractivity contribution in [1.82, 2.24) is 14.8 Å². The fourth-order valence-electron chi connectivity index (χ4n) is 5.51. The number of aromatic nitrogens is 1. The van der Waals surface area contributed by atoms with Gasteiger partial charge in [0, 0.05) is 44.6 Å². The Balaban J connectivity index is 1.23. The number of rotatable bonds is 14. The lowest BCUT2D eigenvalue weighted by Crippen LogP contribution is -2.49. The normalized spacial score (nSPS) is 13.2. The molecule has 2 heterocycles. The van der Waals surface area contributed by atoms with Crippen molar-refractivity contribution in [3.8, 4) is 23.0 Å². The van der Waals surface area contributed by atoms with Crippen LogP contribution in [0.3, 0.4) is 0 Å². The molecule has 0 bridgehead atoms. The number of piperazine rings is 1. The lowest BCUT2D eigenvalue weighted by Gasteiger charge is -2.36. The van der Waals surface area contributed by atoms with Gasteiger partial charge in [-0.25, -0.2) is 4.98 Å². The van der Waals surface area contributed by atoms with E-state index in [0.29, 0.717) is 37.7 Å². The molecule has 45 heavy (non-hydrogen) atoms. The molecule has 5 rings (SSSR count). The second-order valence-electron chi connectivity index (χ2n) is 10.8. The molecule has 1 aliphatic heterocycles. The number of methoxy groups -OCH3 is 3. The summed E-state index contributed by atoms with van der Waals surface area (Å²) in [5, 5.41) is 2.82. The molecule has 0 N–H and O–H groups in total. The molecule has 4 aromatic rings. The van der Waals surface area contributed by atoms with Crippen LogP contribution in [0.5, 0.6) is 23.0 Å². The lowest BCUT2D eigenvalue weighted by atomic mass is 10.1. The van der Waals surface area contributed by atoms with E-state index in [9.17, 15) is 4.79 Å². The summed E-state index contributed by atoms with van der Waals surface area (Å²) in [6, 6.07) is 22.3.